The summed E-state index contributed by atoms with van der Waals surface area (Å²) in [5.74, 6) is 0.0988. The van der Waals surface area contributed by atoms with Gasteiger partial charge in [-0.3, -0.25) is 9.78 Å². The lowest BCUT2D eigenvalue weighted by molar-refractivity contribution is 0.0999. The van der Waals surface area contributed by atoms with Gasteiger partial charge >= 0.3 is 0 Å². The number of carbonyl (C=O) groups excluding carboxylic acids is 1. The number of pyridine rings is 1. The minimum Gasteiger partial charge on any atom is -0.491 e. The molecule has 0 unspecified atom stereocenters. The van der Waals surface area contributed by atoms with Crippen LogP contribution in [0.5, 0.6) is 17.2 Å². The summed E-state index contributed by atoms with van der Waals surface area (Å²) < 4.78 is 24.9. The number of primary amides is 1. The molecule has 0 saturated carbocycles. The number of halogens is 1. The first-order valence-corrected chi connectivity index (χ1v) is 8.45. The second kappa shape index (κ2) is 7.86. The number of amides is 1. The molecule has 1 heterocycles. The molecule has 0 saturated heterocycles. The summed E-state index contributed by atoms with van der Waals surface area (Å²) in [6.45, 7) is 3.99. The zero-order chi connectivity index (χ0) is 19.4. The molecule has 2 N–H and O–H groups in total. The van der Waals surface area contributed by atoms with Crippen molar-refractivity contribution < 1.29 is 18.7 Å². The van der Waals surface area contributed by atoms with E-state index in [9.17, 15) is 9.18 Å². The van der Waals surface area contributed by atoms with Crippen molar-refractivity contribution in [1.29, 1.82) is 0 Å². The van der Waals surface area contributed by atoms with Crippen molar-refractivity contribution in [1.82, 2.24) is 4.98 Å². The molecule has 3 aromatic rings. The molecule has 1 aromatic heterocycles. The van der Waals surface area contributed by atoms with Crippen molar-refractivity contribution in [3.05, 3.63) is 71.7 Å². The van der Waals surface area contributed by atoms with Gasteiger partial charge in [-0.25, -0.2) is 4.39 Å². The van der Waals surface area contributed by atoms with Crippen molar-refractivity contribution in [2.24, 2.45) is 5.73 Å². The molecule has 0 bridgehead atoms. The number of aryl methyl sites for hydroxylation is 1. The first-order valence-electron chi connectivity index (χ1n) is 8.45. The molecule has 0 radical (unpaired) electrons. The predicted molar refractivity (Wildman–Crippen MR) is 101 cm³/mol. The molecule has 138 valence electrons. The van der Waals surface area contributed by atoms with Crippen LogP contribution in [-0.4, -0.2) is 17.5 Å². The van der Waals surface area contributed by atoms with Crippen LogP contribution >= 0.6 is 0 Å². The standard InChI is InChI=1S/C21H19FN2O3/c1-3-26-20-7-5-15(11-18(20)22)27-16-8-9-24-19(12-16)14-4-6-17(21(23)25)13(2)10-14/h4-12H,3H2,1-2H3,(H2,23,25). The van der Waals surface area contributed by atoms with Crippen molar-refractivity contribution in [2.75, 3.05) is 6.61 Å². The van der Waals surface area contributed by atoms with Crippen LogP contribution in [0.2, 0.25) is 0 Å². The Morgan fingerprint density at radius 3 is 2.56 bits per heavy atom. The number of benzene rings is 2. The molecule has 27 heavy (non-hydrogen) atoms. The molecule has 2 aromatic carbocycles. The normalized spacial score (nSPS) is 10.5. The second-order valence-corrected chi connectivity index (χ2v) is 5.90. The number of rotatable bonds is 6. The van der Waals surface area contributed by atoms with Crippen molar-refractivity contribution in [2.45, 2.75) is 13.8 Å². The zero-order valence-corrected chi connectivity index (χ0v) is 15.0. The Morgan fingerprint density at radius 1 is 1.11 bits per heavy atom. The number of nitrogens with zero attached hydrogens (tertiary/aromatic N) is 1. The number of nitrogens with two attached hydrogens (primary N) is 1. The van der Waals surface area contributed by atoms with Crippen molar-refractivity contribution >= 4 is 5.91 Å². The van der Waals surface area contributed by atoms with Gasteiger partial charge in [0.2, 0.25) is 5.91 Å². The highest BCUT2D eigenvalue weighted by molar-refractivity contribution is 5.94. The Balaban J connectivity index is 1.85. The van der Waals surface area contributed by atoms with Crippen LogP contribution in [0.4, 0.5) is 4.39 Å². The molecule has 1 amide bonds. The average Bonchev–Trinajstić information content (AvgIpc) is 2.64. The summed E-state index contributed by atoms with van der Waals surface area (Å²) in [5, 5.41) is 0. The number of aromatic nitrogens is 1. The van der Waals surface area contributed by atoms with Gasteiger partial charge in [-0.15, -0.1) is 0 Å². The Hall–Kier alpha value is -3.41. The van der Waals surface area contributed by atoms with Gasteiger partial charge in [0.25, 0.3) is 0 Å². The third kappa shape index (κ3) is 4.23. The smallest absolute Gasteiger partial charge is 0.248 e. The molecule has 6 heteroatoms. The van der Waals surface area contributed by atoms with E-state index in [1.807, 2.05) is 13.0 Å². The molecule has 0 aliphatic carbocycles. The van der Waals surface area contributed by atoms with E-state index in [2.05, 4.69) is 4.98 Å². The lowest BCUT2D eigenvalue weighted by atomic mass is 10.0. The first kappa shape index (κ1) is 18.4. The maximum Gasteiger partial charge on any atom is 0.248 e. The van der Waals surface area contributed by atoms with Crippen LogP contribution in [0.1, 0.15) is 22.8 Å². The van der Waals surface area contributed by atoms with Crippen LogP contribution in [-0.2, 0) is 0 Å². The molecule has 0 aliphatic rings. The minimum absolute atomic E-state index is 0.185. The minimum atomic E-state index is -0.485. The van der Waals surface area contributed by atoms with Crippen LogP contribution in [0.3, 0.4) is 0 Å². The van der Waals surface area contributed by atoms with E-state index in [0.29, 0.717) is 29.4 Å². The van der Waals surface area contributed by atoms with Gasteiger partial charge in [-0.2, -0.15) is 0 Å². The number of carbonyl (C=O) groups is 1. The Kier molecular flexibility index (Phi) is 5.35. The number of hydrogen-bond acceptors (Lipinski definition) is 4. The quantitative estimate of drug-likeness (QED) is 0.698. The molecule has 0 fully saturated rings. The first-order chi connectivity index (χ1) is 13.0. The maximum atomic E-state index is 14.0. The van der Waals surface area contributed by atoms with Gasteiger partial charge < -0.3 is 15.2 Å². The predicted octanol–water partition coefficient (Wildman–Crippen LogP) is 4.49. The largest absolute Gasteiger partial charge is 0.491 e. The monoisotopic (exact) mass is 366 g/mol. The Morgan fingerprint density at radius 2 is 1.89 bits per heavy atom. The third-order valence-corrected chi connectivity index (χ3v) is 3.96. The van der Waals surface area contributed by atoms with Crippen LogP contribution in [0, 0.1) is 12.7 Å². The van der Waals surface area contributed by atoms with Gasteiger partial charge in [0.15, 0.2) is 11.6 Å². The molecule has 3 rings (SSSR count). The fraction of sp³-hybridized carbons (Fsp3) is 0.143. The van der Waals surface area contributed by atoms with Crippen LogP contribution in [0.15, 0.2) is 54.7 Å². The SMILES string of the molecule is CCOc1ccc(Oc2ccnc(-c3ccc(C(N)=O)c(C)c3)c2)cc1F. The van der Waals surface area contributed by atoms with E-state index in [1.165, 1.54) is 12.1 Å². The van der Waals surface area contributed by atoms with Crippen LogP contribution in [0.25, 0.3) is 11.3 Å². The van der Waals surface area contributed by atoms with Gasteiger partial charge in [-0.1, -0.05) is 6.07 Å². The van der Waals surface area contributed by atoms with E-state index in [1.54, 1.807) is 43.5 Å². The van der Waals surface area contributed by atoms with Crippen LogP contribution < -0.4 is 15.2 Å². The summed E-state index contributed by atoms with van der Waals surface area (Å²) in [7, 11) is 0. The van der Waals surface area contributed by atoms with Gasteiger partial charge in [0, 0.05) is 29.5 Å². The van der Waals surface area contributed by atoms with E-state index < -0.39 is 11.7 Å². The summed E-state index contributed by atoms with van der Waals surface area (Å²) >= 11 is 0. The van der Waals surface area contributed by atoms with E-state index in [0.717, 1.165) is 11.1 Å². The topological polar surface area (TPSA) is 74.4 Å². The highest BCUT2D eigenvalue weighted by atomic mass is 19.1. The number of ether oxygens (including phenoxy) is 2. The van der Waals surface area contributed by atoms with E-state index >= 15 is 0 Å². The molecular weight excluding hydrogens is 347 g/mol. The van der Waals surface area contributed by atoms with Crippen molar-refractivity contribution in [3.63, 3.8) is 0 Å². The fourth-order valence-corrected chi connectivity index (χ4v) is 2.69. The van der Waals surface area contributed by atoms with E-state index in [-0.39, 0.29) is 5.75 Å². The highest BCUT2D eigenvalue weighted by Crippen LogP contribution is 2.29. The molecule has 0 aliphatic heterocycles. The molecule has 0 atom stereocenters. The Bertz CT molecular complexity index is 989. The highest BCUT2D eigenvalue weighted by Gasteiger charge is 2.10. The van der Waals surface area contributed by atoms with Gasteiger partial charge in [0.1, 0.15) is 11.5 Å². The second-order valence-electron chi connectivity index (χ2n) is 5.90. The fourth-order valence-electron chi connectivity index (χ4n) is 2.69. The third-order valence-electron chi connectivity index (χ3n) is 3.96. The number of hydrogen-bond donors (Lipinski definition) is 1. The van der Waals surface area contributed by atoms with E-state index in [4.69, 9.17) is 15.2 Å². The summed E-state index contributed by atoms with van der Waals surface area (Å²) in [5.41, 5.74) is 8.06. The van der Waals surface area contributed by atoms with Gasteiger partial charge in [-0.05, 0) is 49.7 Å². The molecule has 0 spiro atoms. The van der Waals surface area contributed by atoms with Crippen molar-refractivity contribution in [3.8, 4) is 28.5 Å². The summed E-state index contributed by atoms with van der Waals surface area (Å²) in [6.07, 6.45) is 1.60. The molecular formula is C21H19FN2O3. The maximum absolute atomic E-state index is 14.0. The lowest BCUT2D eigenvalue weighted by Crippen LogP contribution is -2.12. The average molecular weight is 366 g/mol. The Labute approximate surface area is 156 Å². The summed E-state index contributed by atoms with van der Waals surface area (Å²) in [4.78, 5) is 15.7. The van der Waals surface area contributed by atoms with Gasteiger partial charge in [0.05, 0.1) is 12.3 Å². The lowest BCUT2D eigenvalue weighted by Gasteiger charge is -2.10. The molecule has 5 nitrogen and oxygen atoms in total. The zero-order valence-electron chi connectivity index (χ0n) is 15.0. The summed E-state index contributed by atoms with van der Waals surface area (Å²) in [6, 6.07) is 13.1.